The van der Waals surface area contributed by atoms with Gasteiger partial charge in [0.1, 0.15) is 22.3 Å². The van der Waals surface area contributed by atoms with Crippen LogP contribution in [0.5, 0.6) is 5.75 Å². The van der Waals surface area contributed by atoms with Gasteiger partial charge in [0.2, 0.25) is 0 Å². The molecule has 0 radical (unpaired) electrons. The molecule has 5 aromatic rings. The molecule has 3 aromatic carbocycles. The molecule has 208 valence electrons. The third-order valence-corrected chi connectivity index (χ3v) is 8.98. The van der Waals surface area contributed by atoms with Crippen LogP contribution in [0.4, 0.5) is 5.69 Å². The Bertz CT molecular complexity index is 1600. The highest BCUT2D eigenvalue weighted by atomic mass is 32.2. The number of methoxy groups -OCH3 is 1. The summed E-state index contributed by atoms with van der Waals surface area (Å²) in [4.78, 5) is 22.1. The van der Waals surface area contributed by atoms with E-state index in [4.69, 9.17) is 9.72 Å². The van der Waals surface area contributed by atoms with Crippen molar-refractivity contribution in [1.82, 2.24) is 24.6 Å². The zero-order chi connectivity index (χ0) is 28.0. The van der Waals surface area contributed by atoms with E-state index in [-0.39, 0.29) is 5.91 Å². The van der Waals surface area contributed by atoms with Crippen LogP contribution in [0.25, 0.3) is 5.69 Å². The summed E-state index contributed by atoms with van der Waals surface area (Å²) in [5, 5.41) is 12.6. The fourth-order valence-electron chi connectivity index (χ4n) is 4.93. The van der Waals surface area contributed by atoms with Crippen molar-refractivity contribution in [3.63, 3.8) is 0 Å². The van der Waals surface area contributed by atoms with Gasteiger partial charge in [-0.05, 0) is 29.8 Å². The number of ether oxygens (including phenoxy) is 1. The quantitative estimate of drug-likeness (QED) is 0.210. The van der Waals surface area contributed by atoms with Crippen LogP contribution in [0.1, 0.15) is 26.9 Å². The van der Waals surface area contributed by atoms with Crippen LogP contribution in [0.15, 0.2) is 95.5 Å². The van der Waals surface area contributed by atoms with Crippen molar-refractivity contribution < 1.29 is 9.53 Å². The highest BCUT2D eigenvalue weighted by Gasteiger charge is 2.25. The zero-order valence-corrected chi connectivity index (χ0v) is 24.4. The number of carbonyl (C=O) groups excluding carboxylic acids is 1. The van der Waals surface area contributed by atoms with Crippen LogP contribution in [-0.4, -0.2) is 63.8 Å². The summed E-state index contributed by atoms with van der Waals surface area (Å²) < 4.78 is 7.63. The Hall–Kier alpha value is -4.15. The molecule has 0 unspecified atom stereocenters. The summed E-state index contributed by atoms with van der Waals surface area (Å²) in [5.41, 5.74) is 3.77. The van der Waals surface area contributed by atoms with E-state index in [0.29, 0.717) is 31.0 Å². The molecular formula is C31H30N6O2S2. The maximum absolute atomic E-state index is 13.3. The maximum Gasteiger partial charge on any atom is 0.273 e. The summed E-state index contributed by atoms with van der Waals surface area (Å²) in [5.74, 6) is 2.32. The molecule has 2 aromatic heterocycles. The lowest BCUT2D eigenvalue weighted by Gasteiger charge is -2.36. The van der Waals surface area contributed by atoms with E-state index < -0.39 is 0 Å². The number of hydrogen-bond acceptors (Lipinski definition) is 8. The predicted octanol–water partition coefficient (Wildman–Crippen LogP) is 5.58. The van der Waals surface area contributed by atoms with Crippen LogP contribution >= 0.6 is 23.1 Å². The summed E-state index contributed by atoms with van der Waals surface area (Å²) in [6.45, 7) is 2.78. The molecule has 10 heteroatoms. The van der Waals surface area contributed by atoms with Crippen molar-refractivity contribution in [1.29, 1.82) is 0 Å². The van der Waals surface area contributed by atoms with Gasteiger partial charge in [0.05, 0.1) is 18.6 Å². The molecule has 0 aliphatic carbocycles. The second kappa shape index (κ2) is 12.6. The number of rotatable bonds is 9. The van der Waals surface area contributed by atoms with Crippen LogP contribution in [0.3, 0.4) is 0 Å². The van der Waals surface area contributed by atoms with Crippen molar-refractivity contribution >= 4 is 34.7 Å². The van der Waals surface area contributed by atoms with E-state index in [9.17, 15) is 4.79 Å². The van der Waals surface area contributed by atoms with Gasteiger partial charge >= 0.3 is 0 Å². The number of nitrogens with zero attached hydrogens (tertiary/aromatic N) is 6. The molecule has 1 aliphatic rings. The average Bonchev–Trinajstić information content (AvgIpc) is 3.68. The number of thioether (sulfide) groups is 1. The largest absolute Gasteiger partial charge is 0.495 e. The molecule has 3 heterocycles. The Balaban J connectivity index is 1.11. The van der Waals surface area contributed by atoms with Gasteiger partial charge in [0.25, 0.3) is 5.91 Å². The first-order chi connectivity index (χ1) is 20.2. The number of benzene rings is 3. The number of carbonyl (C=O) groups is 1. The fourth-order valence-corrected chi connectivity index (χ4v) is 6.69. The topological polar surface area (TPSA) is 76.4 Å². The van der Waals surface area contributed by atoms with Gasteiger partial charge < -0.3 is 14.5 Å². The van der Waals surface area contributed by atoms with Crippen molar-refractivity contribution in [2.24, 2.45) is 0 Å². The smallest absolute Gasteiger partial charge is 0.273 e. The normalized spacial score (nSPS) is 13.4. The van der Waals surface area contributed by atoms with Crippen LogP contribution < -0.4 is 9.64 Å². The summed E-state index contributed by atoms with van der Waals surface area (Å²) in [6, 6.07) is 28.5. The molecule has 0 saturated carbocycles. The molecule has 1 aliphatic heterocycles. The predicted molar refractivity (Wildman–Crippen MR) is 163 cm³/mol. The standard InChI is InChI=1S/C31H30N6O2S2/c1-39-27-15-9-8-14-26(27)35-16-18-36(19-17-35)30(38)25-21-40-29(32-25)22-41-31-34-33-28(20-23-10-4-2-5-11-23)37(31)24-12-6-3-7-13-24/h2-15,21H,16-20,22H2,1H3. The van der Waals surface area contributed by atoms with Crippen molar-refractivity contribution in [3.8, 4) is 11.4 Å². The molecular weight excluding hydrogens is 553 g/mol. The number of aromatic nitrogens is 4. The van der Waals surface area contributed by atoms with Crippen LogP contribution in [0.2, 0.25) is 0 Å². The van der Waals surface area contributed by atoms with E-state index in [1.165, 1.54) is 16.9 Å². The summed E-state index contributed by atoms with van der Waals surface area (Å²) in [6.07, 6.45) is 0.684. The monoisotopic (exact) mass is 582 g/mol. The number of amides is 1. The molecule has 1 fully saturated rings. The SMILES string of the molecule is COc1ccccc1N1CCN(C(=O)c2csc(CSc3nnc(Cc4ccccc4)n3-c3ccccc3)n2)CC1. The van der Waals surface area contributed by atoms with E-state index in [0.717, 1.165) is 46.2 Å². The number of para-hydroxylation sites is 3. The lowest BCUT2D eigenvalue weighted by Crippen LogP contribution is -2.49. The van der Waals surface area contributed by atoms with Gasteiger partial charge in [-0.3, -0.25) is 9.36 Å². The first kappa shape index (κ1) is 27.0. The Morgan fingerprint density at radius 2 is 1.61 bits per heavy atom. The average molecular weight is 583 g/mol. The molecule has 8 nitrogen and oxygen atoms in total. The van der Waals surface area contributed by atoms with Gasteiger partial charge in [-0.1, -0.05) is 72.4 Å². The first-order valence-corrected chi connectivity index (χ1v) is 15.3. The maximum atomic E-state index is 13.3. The first-order valence-electron chi connectivity index (χ1n) is 13.5. The Kier molecular flexibility index (Phi) is 8.29. The highest BCUT2D eigenvalue weighted by molar-refractivity contribution is 7.98. The van der Waals surface area contributed by atoms with E-state index in [1.54, 1.807) is 18.9 Å². The van der Waals surface area contributed by atoms with E-state index in [2.05, 4.69) is 50.0 Å². The van der Waals surface area contributed by atoms with Crippen LogP contribution in [-0.2, 0) is 12.2 Å². The molecule has 1 saturated heterocycles. The summed E-state index contributed by atoms with van der Waals surface area (Å²) >= 11 is 3.09. The Morgan fingerprint density at radius 1 is 0.902 bits per heavy atom. The molecule has 0 spiro atoms. The lowest BCUT2D eigenvalue weighted by atomic mass is 10.1. The minimum Gasteiger partial charge on any atom is -0.495 e. The Morgan fingerprint density at radius 3 is 2.37 bits per heavy atom. The summed E-state index contributed by atoms with van der Waals surface area (Å²) in [7, 11) is 1.69. The van der Waals surface area contributed by atoms with E-state index in [1.807, 2.05) is 64.9 Å². The van der Waals surface area contributed by atoms with Gasteiger partial charge in [-0.15, -0.1) is 21.5 Å². The number of piperazine rings is 1. The number of hydrogen-bond donors (Lipinski definition) is 0. The van der Waals surface area contributed by atoms with Crippen molar-refractivity contribution in [2.45, 2.75) is 17.3 Å². The Labute approximate surface area is 247 Å². The highest BCUT2D eigenvalue weighted by Crippen LogP contribution is 2.30. The third kappa shape index (κ3) is 6.13. The van der Waals surface area contributed by atoms with Gasteiger partial charge in [0.15, 0.2) is 5.16 Å². The zero-order valence-electron chi connectivity index (χ0n) is 22.7. The second-order valence-corrected chi connectivity index (χ2v) is 11.5. The van der Waals surface area contributed by atoms with E-state index >= 15 is 0 Å². The lowest BCUT2D eigenvalue weighted by molar-refractivity contribution is 0.0741. The van der Waals surface area contributed by atoms with Gasteiger partial charge in [-0.25, -0.2) is 4.98 Å². The minimum atomic E-state index is -0.0187. The molecule has 0 N–H and O–H groups in total. The number of anilines is 1. The molecule has 6 rings (SSSR count). The number of thiazole rings is 1. The fraction of sp³-hybridized carbons (Fsp3) is 0.226. The van der Waals surface area contributed by atoms with Gasteiger partial charge in [0, 0.05) is 43.7 Å². The van der Waals surface area contributed by atoms with Gasteiger partial charge in [-0.2, -0.15) is 0 Å². The second-order valence-electron chi connectivity index (χ2n) is 9.60. The molecule has 41 heavy (non-hydrogen) atoms. The third-order valence-electron chi connectivity index (χ3n) is 7.01. The van der Waals surface area contributed by atoms with Crippen molar-refractivity contribution in [3.05, 3.63) is 112 Å². The molecule has 1 amide bonds. The van der Waals surface area contributed by atoms with Crippen LogP contribution in [0, 0.1) is 0 Å². The molecule has 0 atom stereocenters. The van der Waals surface area contributed by atoms with Crippen molar-refractivity contribution in [2.75, 3.05) is 38.2 Å². The molecule has 0 bridgehead atoms. The minimum absolute atomic E-state index is 0.0187.